The van der Waals surface area contributed by atoms with Gasteiger partial charge in [0.05, 0.1) is 11.6 Å². The number of rotatable bonds is 0. The van der Waals surface area contributed by atoms with E-state index in [4.69, 9.17) is 9.73 Å². The van der Waals surface area contributed by atoms with E-state index in [9.17, 15) is 0 Å². The minimum atomic E-state index is -0.626. The number of anilines is 1. The number of nitrogens with zero attached hydrogens (tertiary/aromatic N) is 2. The van der Waals surface area contributed by atoms with Gasteiger partial charge in [-0.05, 0) is 49.4 Å². The molecule has 2 aliphatic heterocycles. The molecule has 1 spiro atoms. The van der Waals surface area contributed by atoms with Crippen molar-refractivity contribution in [2.75, 3.05) is 11.9 Å². The number of aliphatic imine (C=N–C) groups is 1. The molecule has 0 radical (unpaired) electrons. The van der Waals surface area contributed by atoms with E-state index < -0.39 is 5.72 Å². The van der Waals surface area contributed by atoms with Gasteiger partial charge in [-0.3, -0.25) is 4.99 Å². The first-order valence-electron chi connectivity index (χ1n) is 11.1. The van der Waals surface area contributed by atoms with E-state index in [-0.39, 0.29) is 5.41 Å². The largest absolute Gasteiger partial charge is 0.459 e. The summed E-state index contributed by atoms with van der Waals surface area (Å²) in [4.78, 5) is 7.16. The van der Waals surface area contributed by atoms with Crippen molar-refractivity contribution in [3.63, 3.8) is 0 Å². The predicted octanol–water partition coefficient (Wildman–Crippen LogP) is 7.42. The van der Waals surface area contributed by atoms with Gasteiger partial charge >= 0.3 is 0 Å². The van der Waals surface area contributed by atoms with Crippen LogP contribution < -0.4 is 9.64 Å². The monoisotopic (exact) mass is 402 g/mol. The molecule has 3 nitrogen and oxygen atoms in total. The van der Waals surface area contributed by atoms with Gasteiger partial charge in [-0.25, -0.2) is 0 Å². The highest BCUT2D eigenvalue weighted by atomic mass is 16.5. The SMILES string of the molecule is CC.CC.Cc1cc2c(c3ccccc13)N=CC1(O2)N(C)c2ccccc2C1(C)C. The summed E-state index contributed by atoms with van der Waals surface area (Å²) in [7, 11) is 2.10. The van der Waals surface area contributed by atoms with Crippen molar-refractivity contribution in [1.29, 1.82) is 0 Å². The van der Waals surface area contributed by atoms with Crippen LogP contribution in [0.3, 0.4) is 0 Å². The van der Waals surface area contributed by atoms with Gasteiger partial charge in [-0.2, -0.15) is 0 Å². The van der Waals surface area contributed by atoms with Crippen molar-refractivity contribution in [3.05, 3.63) is 65.7 Å². The molecule has 0 aromatic heterocycles. The number of benzene rings is 3. The third-order valence-corrected chi connectivity index (χ3v) is 6.15. The fourth-order valence-corrected chi connectivity index (χ4v) is 4.60. The van der Waals surface area contributed by atoms with Crippen LogP contribution in [0.15, 0.2) is 59.6 Å². The maximum atomic E-state index is 6.76. The van der Waals surface area contributed by atoms with Crippen molar-refractivity contribution in [2.45, 2.75) is 59.6 Å². The van der Waals surface area contributed by atoms with Gasteiger partial charge in [0.15, 0.2) is 0 Å². The van der Waals surface area contributed by atoms with Gasteiger partial charge in [0.2, 0.25) is 5.72 Å². The molecular formula is C27H34N2O. The van der Waals surface area contributed by atoms with E-state index in [0.29, 0.717) is 0 Å². The van der Waals surface area contributed by atoms with Gasteiger partial charge in [-0.1, -0.05) is 70.2 Å². The van der Waals surface area contributed by atoms with Gasteiger partial charge in [0, 0.05) is 18.1 Å². The Balaban J connectivity index is 0.000000606. The van der Waals surface area contributed by atoms with E-state index >= 15 is 0 Å². The maximum absolute atomic E-state index is 6.76. The lowest BCUT2D eigenvalue weighted by molar-refractivity contribution is 0.0826. The quantitative estimate of drug-likeness (QED) is 0.391. The topological polar surface area (TPSA) is 24.8 Å². The van der Waals surface area contributed by atoms with Crippen LogP contribution in [0.25, 0.3) is 10.8 Å². The summed E-state index contributed by atoms with van der Waals surface area (Å²) in [6.07, 6.45) is 2.00. The number of aryl methyl sites for hydroxylation is 1. The smallest absolute Gasteiger partial charge is 0.228 e. The summed E-state index contributed by atoms with van der Waals surface area (Å²) >= 11 is 0. The zero-order chi connectivity index (χ0) is 22.1. The number of fused-ring (bicyclic) bond motifs is 4. The summed E-state index contributed by atoms with van der Waals surface area (Å²) in [5.41, 5.74) is 3.77. The highest BCUT2D eigenvalue weighted by molar-refractivity contribution is 6.01. The Hall–Kier alpha value is -2.81. The molecular weight excluding hydrogens is 368 g/mol. The van der Waals surface area contributed by atoms with Gasteiger partial charge in [-0.15, -0.1) is 0 Å². The molecule has 0 saturated heterocycles. The summed E-state index contributed by atoms with van der Waals surface area (Å²) in [5.74, 6) is 0.858. The molecule has 0 aliphatic carbocycles. The average molecular weight is 403 g/mol. The van der Waals surface area contributed by atoms with E-state index in [1.807, 2.05) is 33.9 Å². The van der Waals surface area contributed by atoms with E-state index in [0.717, 1.165) is 16.8 Å². The summed E-state index contributed by atoms with van der Waals surface area (Å²) in [6, 6.07) is 19.1. The van der Waals surface area contributed by atoms with Crippen LogP contribution in [0.5, 0.6) is 5.75 Å². The molecule has 2 heterocycles. The molecule has 0 N–H and O–H groups in total. The number of likely N-dealkylation sites (N-methyl/N-ethyl adjacent to an activating group) is 1. The van der Waals surface area contributed by atoms with Crippen LogP contribution in [0, 0.1) is 6.92 Å². The third kappa shape index (κ3) is 2.91. The summed E-state index contributed by atoms with van der Waals surface area (Å²) in [5, 5.41) is 2.37. The Morgan fingerprint density at radius 1 is 0.867 bits per heavy atom. The molecule has 0 fully saturated rings. The van der Waals surface area contributed by atoms with Crippen LogP contribution in [-0.4, -0.2) is 19.0 Å². The van der Waals surface area contributed by atoms with Gasteiger partial charge < -0.3 is 9.64 Å². The van der Waals surface area contributed by atoms with Crippen LogP contribution in [0.2, 0.25) is 0 Å². The second-order valence-corrected chi connectivity index (χ2v) is 7.84. The molecule has 1 unspecified atom stereocenters. The van der Waals surface area contributed by atoms with Crippen LogP contribution >= 0.6 is 0 Å². The minimum Gasteiger partial charge on any atom is -0.459 e. The minimum absolute atomic E-state index is 0.223. The Labute approximate surface area is 181 Å². The maximum Gasteiger partial charge on any atom is 0.228 e. The molecule has 1 atom stereocenters. The first-order valence-corrected chi connectivity index (χ1v) is 11.1. The summed E-state index contributed by atoms with van der Waals surface area (Å²) < 4.78 is 6.76. The van der Waals surface area contributed by atoms with Crippen molar-refractivity contribution in [1.82, 2.24) is 0 Å². The number of hydrogen-bond acceptors (Lipinski definition) is 3. The zero-order valence-electron chi connectivity index (χ0n) is 19.6. The molecule has 3 heteroatoms. The molecule has 3 aromatic carbocycles. The predicted molar refractivity (Wildman–Crippen MR) is 131 cm³/mol. The average Bonchev–Trinajstić information content (AvgIpc) is 2.95. The first-order chi connectivity index (χ1) is 14.5. The molecule has 0 saturated carbocycles. The standard InChI is InChI=1S/C23H22N2O.2C2H6/c1-15-13-20-21(17-10-6-5-9-16(15)17)24-14-23(26-20)22(2,3)18-11-7-8-12-19(18)25(23)4;2*1-2/h5-14H,1-4H3;2*1-2H3. The van der Waals surface area contributed by atoms with Crippen molar-refractivity contribution in [3.8, 4) is 5.75 Å². The fourth-order valence-electron chi connectivity index (χ4n) is 4.60. The van der Waals surface area contributed by atoms with E-state index in [1.54, 1.807) is 0 Å². The Bertz CT molecular complexity index is 1080. The highest BCUT2D eigenvalue weighted by Gasteiger charge is 2.58. The Morgan fingerprint density at radius 3 is 2.13 bits per heavy atom. The Morgan fingerprint density at radius 2 is 1.47 bits per heavy atom. The molecule has 0 bridgehead atoms. The summed E-state index contributed by atoms with van der Waals surface area (Å²) in [6.45, 7) is 14.6. The molecule has 3 aromatic rings. The highest BCUT2D eigenvalue weighted by Crippen LogP contribution is 2.54. The van der Waals surface area contributed by atoms with E-state index in [2.05, 4.69) is 87.3 Å². The lowest BCUT2D eigenvalue weighted by atomic mass is 9.77. The second kappa shape index (κ2) is 8.14. The lowest BCUT2D eigenvalue weighted by Crippen LogP contribution is -2.61. The van der Waals surface area contributed by atoms with Gasteiger partial charge in [0.1, 0.15) is 11.4 Å². The lowest BCUT2D eigenvalue weighted by Gasteiger charge is -2.45. The van der Waals surface area contributed by atoms with Crippen LogP contribution in [0.4, 0.5) is 11.4 Å². The molecule has 2 aliphatic rings. The first kappa shape index (κ1) is 21.9. The molecule has 0 amide bonds. The van der Waals surface area contributed by atoms with Crippen LogP contribution in [0.1, 0.15) is 52.7 Å². The number of para-hydroxylation sites is 1. The molecule has 158 valence electrons. The fraction of sp³-hybridized carbons (Fsp3) is 0.370. The van der Waals surface area contributed by atoms with Crippen molar-refractivity contribution < 1.29 is 4.74 Å². The number of ether oxygens (including phenoxy) is 1. The van der Waals surface area contributed by atoms with E-state index in [1.165, 1.54) is 22.2 Å². The number of hydrogen-bond donors (Lipinski definition) is 0. The van der Waals surface area contributed by atoms with Gasteiger partial charge in [0.25, 0.3) is 0 Å². The molecule has 5 rings (SSSR count). The zero-order valence-corrected chi connectivity index (χ0v) is 19.6. The van der Waals surface area contributed by atoms with Crippen molar-refractivity contribution >= 4 is 28.4 Å². The molecule has 30 heavy (non-hydrogen) atoms. The normalized spacial score (nSPS) is 19.8. The third-order valence-electron chi connectivity index (χ3n) is 6.15. The second-order valence-electron chi connectivity index (χ2n) is 7.84. The Kier molecular flexibility index (Phi) is 5.94. The van der Waals surface area contributed by atoms with Crippen molar-refractivity contribution in [2.24, 2.45) is 4.99 Å². The van der Waals surface area contributed by atoms with Crippen LogP contribution in [-0.2, 0) is 5.41 Å².